The molecule has 3 rings (SSSR count). The van der Waals surface area contributed by atoms with Gasteiger partial charge in [-0.2, -0.15) is 8.78 Å². The van der Waals surface area contributed by atoms with E-state index in [1.165, 1.54) is 12.1 Å². The third-order valence-electron chi connectivity index (χ3n) is 2.85. The van der Waals surface area contributed by atoms with Crippen LogP contribution in [0.1, 0.15) is 5.82 Å². The van der Waals surface area contributed by atoms with E-state index in [9.17, 15) is 8.78 Å². The van der Waals surface area contributed by atoms with Crippen LogP contribution in [0.15, 0.2) is 30.3 Å². The van der Waals surface area contributed by atoms with Gasteiger partial charge in [-0.1, -0.05) is 23.7 Å². The maximum atomic E-state index is 12.3. The van der Waals surface area contributed by atoms with Crippen molar-refractivity contribution in [1.82, 2.24) is 19.6 Å². The molecule has 0 N–H and O–H groups in total. The summed E-state index contributed by atoms with van der Waals surface area (Å²) in [5.41, 5.74) is 1.12. The van der Waals surface area contributed by atoms with Crippen LogP contribution in [0, 0.1) is 6.92 Å². The number of ether oxygens (including phenoxy) is 1. The van der Waals surface area contributed by atoms with Gasteiger partial charge in [-0.3, -0.25) is 4.40 Å². The molecule has 0 bridgehead atoms. The Kier molecular flexibility index (Phi) is 3.42. The maximum Gasteiger partial charge on any atom is 0.387 e. The van der Waals surface area contributed by atoms with Crippen LogP contribution in [0.25, 0.3) is 17.0 Å². The summed E-state index contributed by atoms with van der Waals surface area (Å²) in [4.78, 5) is 4.13. The van der Waals surface area contributed by atoms with E-state index in [-0.39, 0.29) is 5.75 Å². The van der Waals surface area contributed by atoms with Crippen LogP contribution in [-0.4, -0.2) is 26.2 Å². The highest BCUT2D eigenvalue weighted by Gasteiger charge is 2.13. The van der Waals surface area contributed by atoms with Gasteiger partial charge in [0, 0.05) is 11.6 Å². The van der Waals surface area contributed by atoms with Crippen molar-refractivity contribution in [2.24, 2.45) is 0 Å². The van der Waals surface area contributed by atoms with Gasteiger partial charge >= 0.3 is 6.61 Å². The summed E-state index contributed by atoms with van der Waals surface area (Å²) in [7, 11) is 0. The molecule has 0 aliphatic rings. The molecule has 0 fully saturated rings. The number of rotatable bonds is 3. The number of hydrogen-bond donors (Lipinski definition) is 0. The lowest BCUT2D eigenvalue weighted by Gasteiger charge is -2.07. The standard InChI is InChI=1S/C13H9ClF2N4O/c1-7-17-10(14)6-11-18-19-12(20(7)11)8-3-2-4-9(5-8)21-13(15)16/h2-6,13H,1H3. The van der Waals surface area contributed by atoms with Gasteiger partial charge in [0.2, 0.25) is 0 Å². The van der Waals surface area contributed by atoms with Gasteiger partial charge in [-0.05, 0) is 19.1 Å². The highest BCUT2D eigenvalue weighted by atomic mass is 35.5. The van der Waals surface area contributed by atoms with Crippen molar-refractivity contribution in [3.63, 3.8) is 0 Å². The smallest absolute Gasteiger partial charge is 0.387 e. The lowest BCUT2D eigenvalue weighted by molar-refractivity contribution is -0.0498. The van der Waals surface area contributed by atoms with Crippen LogP contribution in [0.3, 0.4) is 0 Å². The van der Waals surface area contributed by atoms with E-state index in [4.69, 9.17) is 11.6 Å². The summed E-state index contributed by atoms with van der Waals surface area (Å²) in [6, 6.07) is 7.82. The van der Waals surface area contributed by atoms with Crippen LogP contribution < -0.4 is 4.74 Å². The summed E-state index contributed by atoms with van der Waals surface area (Å²) in [6.07, 6.45) is 0. The molecule has 0 saturated heterocycles. The predicted molar refractivity (Wildman–Crippen MR) is 72.6 cm³/mol. The van der Waals surface area contributed by atoms with Crippen molar-refractivity contribution in [3.05, 3.63) is 41.3 Å². The van der Waals surface area contributed by atoms with Gasteiger partial charge in [0.1, 0.15) is 16.7 Å². The third-order valence-corrected chi connectivity index (χ3v) is 3.04. The van der Waals surface area contributed by atoms with E-state index in [0.29, 0.717) is 28.0 Å². The first-order valence-electron chi connectivity index (χ1n) is 5.98. The van der Waals surface area contributed by atoms with E-state index in [0.717, 1.165) is 0 Å². The molecule has 2 aromatic heterocycles. The normalized spacial score (nSPS) is 11.3. The van der Waals surface area contributed by atoms with Gasteiger partial charge < -0.3 is 4.74 Å². The van der Waals surface area contributed by atoms with E-state index in [1.54, 1.807) is 29.5 Å². The van der Waals surface area contributed by atoms with Gasteiger partial charge in [0.05, 0.1) is 0 Å². The number of hydrogen-bond acceptors (Lipinski definition) is 4. The summed E-state index contributed by atoms with van der Waals surface area (Å²) < 4.78 is 30.6. The molecule has 8 heteroatoms. The van der Waals surface area contributed by atoms with Crippen LogP contribution in [0.4, 0.5) is 8.78 Å². The molecule has 5 nitrogen and oxygen atoms in total. The maximum absolute atomic E-state index is 12.3. The minimum absolute atomic E-state index is 0.0545. The summed E-state index contributed by atoms with van der Waals surface area (Å²) in [6.45, 7) is -1.12. The van der Waals surface area contributed by atoms with Gasteiger partial charge in [-0.15, -0.1) is 10.2 Å². The molecule has 0 spiro atoms. The molecule has 0 saturated carbocycles. The van der Waals surface area contributed by atoms with Crippen molar-refractivity contribution >= 4 is 17.2 Å². The van der Waals surface area contributed by atoms with E-state index in [2.05, 4.69) is 19.9 Å². The third kappa shape index (κ3) is 2.64. The molecule has 0 unspecified atom stereocenters. The minimum Gasteiger partial charge on any atom is -0.435 e. The number of fused-ring (bicyclic) bond motifs is 1. The molecule has 0 radical (unpaired) electrons. The fourth-order valence-electron chi connectivity index (χ4n) is 2.05. The first-order chi connectivity index (χ1) is 10.0. The van der Waals surface area contributed by atoms with Crippen molar-refractivity contribution in [2.75, 3.05) is 0 Å². The quantitative estimate of drug-likeness (QED) is 0.696. The van der Waals surface area contributed by atoms with Crippen LogP contribution >= 0.6 is 11.6 Å². The molecule has 0 atom stereocenters. The highest BCUT2D eigenvalue weighted by molar-refractivity contribution is 6.29. The first-order valence-corrected chi connectivity index (χ1v) is 6.36. The van der Waals surface area contributed by atoms with Gasteiger partial charge in [0.15, 0.2) is 11.5 Å². The Morgan fingerprint density at radius 2 is 2.05 bits per heavy atom. The molecule has 3 aromatic rings. The molecule has 0 aliphatic carbocycles. The van der Waals surface area contributed by atoms with E-state index < -0.39 is 6.61 Å². The Morgan fingerprint density at radius 3 is 2.81 bits per heavy atom. The zero-order valence-electron chi connectivity index (χ0n) is 10.8. The van der Waals surface area contributed by atoms with Crippen LogP contribution in [-0.2, 0) is 0 Å². The molecular weight excluding hydrogens is 302 g/mol. The predicted octanol–water partition coefficient (Wildman–Crippen LogP) is 3.35. The summed E-state index contributed by atoms with van der Waals surface area (Å²) >= 11 is 5.87. The average molecular weight is 311 g/mol. The van der Waals surface area contributed by atoms with Crippen molar-refractivity contribution < 1.29 is 13.5 Å². The summed E-state index contributed by atoms with van der Waals surface area (Å²) in [5, 5.41) is 8.38. The lowest BCUT2D eigenvalue weighted by atomic mass is 10.2. The molecular formula is C13H9ClF2N4O. The minimum atomic E-state index is -2.88. The van der Waals surface area contributed by atoms with Crippen LogP contribution in [0.2, 0.25) is 5.15 Å². The Bertz CT molecular complexity index is 806. The molecule has 0 amide bonds. The average Bonchev–Trinajstić information content (AvgIpc) is 2.82. The zero-order chi connectivity index (χ0) is 15.0. The second-order valence-electron chi connectivity index (χ2n) is 4.25. The van der Waals surface area contributed by atoms with Crippen molar-refractivity contribution in [3.8, 4) is 17.1 Å². The molecule has 2 heterocycles. The lowest BCUT2D eigenvalue weighted by Crippen LogP contribution is -2.02. The van der Waals surface area contributed by atoms with Crippen molar-refractivity contribution in [1.29, 1.82) is 0 Å². The van der Waals surface area contributed by atoms with E-state index in [1.807, 2.05) is 0 Å². The first kappa shape index (κ1) is 13.7. The Labute approximate surface area is 123 Å². The number of halogens is 3. The monoisotopic (exact) mass is 310 g/mol. The second-order valence-corrected chi connectivity index (χ2v) is 4.64. The Hall–Kier alpha value is -2.28. The highest BCUT2D eigenvalue weighted by Crippen LogP contribution is 2.25. The Balaban J connectivity index is 2.12. The van der Waals surface area contributed by atoms with E-state index >= 15 is 0 Å². The zero-order valence-corrected chi connectivity index (χ0v) is 11.6. The Morgan fingerprint density at radius 1 is 1.24 bits per heavy atom. The van der Waals surface area contributed by atoms with Gasteiger partial charge in [-0.25, -0.2) is 4.98 Å². The largest absolute Gasteiger partial charge is 0.435 e. The van der Waals surface area contributed by atoms with Crippen LogP contribution in [0.5, 0.6) is 5.75 Å². The summed E-state index contributed by atoms with van der Waals surface area (Å²) in [5.74, 6) is 1.13. The molecule has 108 valence electrons. The SMILES string of the molecule is Cc1nc(Cl)cc2nnc(-c3cccc(OC(F)F)c3)n12. The molecule has 21 heavy (non-hydrogen) atoms. The molecule has 1 aromatic carbocycles. The topological polar surface area (TPSA) is 52.3 Å². The number of aromatic nitrogens is 4. The number of alkyl halides is 2. The van der Waals surface area contributed by atoms with Gasteiger partial charge in [0.25, 0.3) is 0 Å². The fourth-order valence-corrected chi connectivity index (χ4v) is 2.27. The number of nitrogens with zero attached hydrogens (tertiary/aromatic N) is 4. The van der Waals surface area contributed by atoms with Crippen molar-refractivity contribution in [2.45, 2.75) is 13.5 Å². The number of aryl methyl sites for hydroxylation is 1. The fraction of sp³-hybridized carbons (Fsp3) is 0.154. The number of benzene rings is 1. The second kappa shape index (κ2) is 5.25. The molecule has 0 aliphatic heterocycles.